The summed E-state index contributed by atoms with van der Waals surface area (Å²) in [6.07, 6.45) is 4.08. The molecular formula is C14H14N2O. The van der Waals surface area contributed by atoms with Gasteiger partial charge in [0.1, 0.15) is 0 Å². The Labute approximate surface area is 101 Å². The Hall–Kier alpha value is -1.92. The maximum atomic E-state index is 10.1. The van der Waals surface area contributed by atoms with Crippen LogP contribution in [0.4, 0.5) is 0 Å². The van der Waals surface area contributed by atoms with Crippen molar-refractivity contribution in [3.63, 3.8) is 0 Å². The third-order valence-corrected chi connectivity index (χ3v) is 2.61. The average molecular weight is 226 g/mol. The van der Waals surface area contributed by atoms with E-state index in [0.717, 1.165) is 16.6 Å². The molecule has 0 aliphatic heterocycles. The van der Waals surface area contributed by atoms with Crippen molar-refractivity contribution in [1.29, 1.82) is 0 Å². The van der Waals surface area contributed by atoms with E-state index in [9.17, 15) is 5.11 Å². The second-order valence-corrected chi connectivity index (χ2v) is 3.75. The van der Waals surface area contributed by atoms with Crippen LogP contribution >= 0.6 is 0 Å². The van der Waals surface area contributed by atoms with Crippen molar-refractivity contribution in [3.8, 4) is 11.8 Å². The molecule has 0 saturated heterocycles. The summed E-state index contributed by atoms with van der Waals surface area (Å²) in [5.74, 6) is 5.77. The van der Waals surface area contributed by atoms with Gasteiger partial charge < -0.3 is 5.11 Å². The lowest BCUT2D eigenvalue weighted by Crippen LogP contribution is -1.99. The maximum absolute atomic E-state index is 10.1. The molecule has 0 spiro atoms. The Bertz CT molecular complexity index is 564. The van der Waals surface area contributed by atoms with Gasteiger partial charge in [0.2, 0.25) is 0 Å². The molecule has 0 radical (unpaired) electrons. The van der Waals surface area contributed by atoms with Crippen molar-refractivity contribution in [2.45, 2.75) is 25.9 Å². The van der Waals surface area contributed by atoms with E-state index in [-0.39, 0.29) is 0 Å². The second-order valence-electron chi connectivity index (χ2n) is 3.75. The molecule has 0 aliphatic rings. The van der Waals surface area contributed by atoms with Crippen molar-refractivity contribution < 1.29 is 5.11 Å². The highest BCUT2D eigenvalue weighted by atomic mass is 16.3. The largest absolute Gasteiger partial charge is 0.388 e. The SMILES string of the molecule is CC#CCCC(O)c1cccc2nccnc12. The summed E-state index contributed by atoms with van der Waals surface area (Å²) in [6.45, 7) is 1.80. The van der Waals surface area contributed by atoms with Gasteiger partial charge >= 0.3 is 0 Å². The number of hydrogen-bond donors (Lipinski definition) is 1. The van der Waals surface area contributed by atoms with Crippen LogP contribution in [0.15, 0.2) is 30.6 Å². The van der Waals surface area contributed by atoms with Crippen molar-refractivity contribution in [2.24, 2.45) is 0 Å². The number of rotatable bonds is 3. The van der Waals surface area contributed by atoms with Gasteiger partial charge in [0.15, 0.2) is 0 Å². The fourth-order valence-corrected chi connectivity index (χ4v) is 1.77. The first-order chi connectivity index (χ1) is 8.33. The lowest BCUT2D eigenvalue weighted by atomic mass is 10.0. The Morgan fingerprint density at radius 3 is 2.94 bits per heavy atom. The molecule has 0 bridgehead atoms. The zero-order valence-corrected chi connectivity index (χ0v) is 9.72. The zero-order chi connectivity index (χ0) is 12.1. The highest BCUT2D eigenvalue weighted by Gasteiger charge is 2.11. The zero-order valence-electron chi connectivity index (χ0n) is 9.72. The topological polar surface area (TPSA) is 46.0 Å². The number of hydrogen-bond acceptors (Lipinski definition) is 3. The first-order valence-corrected chi connectivity index (χ1v) is 5.60. The Balaban J connectivity index is 2.30. The summed E-state index contributed by atoms with van der Waals surface area (Å²) in [6, 6.07) is 5.67. The molecule has 17 heavy (non-hydrogen) atoms. The molecule has 3 heteroatoms. The van der Waals surface area contributed by atoms with Gasteiger partial charge in [0.05, 0.1) is 17.1 Å². The summed E-state index contributed by atoms with van der Waals surface area (Å²) in [7, 11) is 0. The van der Waals surface area contributed by atoms with E-state index >= 15 is 0 Å². The molecule has 1 aromatic carbocycles. The monoisotopic (exact) mass is 226 g/mol. The fourth-order valence-electron chi connectivity index (χ4n) is 1.77. The Morgan fingerprint density at radius 2 is 2.12 bits per heavy atom. The highest BCUT2D eigenvalue weighted by molar-refractivity contribution is 5.77. The number of aliphatic hydroxyl groups is 1. The standard InChI is InChI=1S/C14H14N2O/c1-2-3-4-8-13(17)11-6-5-7-12-14(11)16-10-9-15-12/h5-7,9-10,13,17H,4,8H2,1H3. The summed E-state index contributed by atoms with van der Waals surface area (Å²) < 4.78 is 0. The number of aliphatic hydroxyl groups excluding tert-OH is 1. The number of para-hydroxylation sites is 1. The van der Waals surface area contributed by atoms with Crippen LogP contribution in [0.25, 0.3) is 11.0 Å². The summed E-state index contributed by atoms with van der Waals surface area (Å²) in [5.41, 5.74) is 2.41. The molecular weight excluding hydrogens is 212 g/mol. The van der Waals surface area contributed by atoms with Crippen molar-refractivity contribution in [2.75, 3.05) is 0 Å². The lowest BCUT2D eigenvalue weighted by molar-refractivity contribution is 0.171. The van der Waals surface area contributed by atoms with Crippen molar-refractivity contribution in [1.82, 2.24) is 9.97 Å². The van der Waals surface area contributed by atoms with Gasteiger partial charge in [-0.05, 0) is 19.4 Å². The Kier molecular flexibility index (Phi) is 3.69. The average Bonchev–Trinajstić information content (AvgIpc) is 2.38. The summed E-state index contributed by atoms with van der Waals surface area (Å²) >= 11 is 0. The first kappa shape index (κ1) is 11.6. The van der Waals surface area contributed by atoms with E-state index in [0.29, 0.717) is 12.8 Å². The second kappa shape index (κ2) is 5.42. The van der Waals surface area contributed by atoms with Crippen molar-refractivity contribution in [3.05, 3.63) is 36.2 Å². The van der Waals surface area contributed by atoms with E-state index in [2.05, 4.69) is 21.8 Å². The molecule has 1 atom stereocenters. The minimum atomic E-state index is -0.531. The maximum Gasteiger partial charge on any atom is 0.0944 e. The molecule has 1 N–H and O–H groups in total. The van der Waals surface area contributed by atoms with Crippen LogP contribution < -0.4 is 0 Å². The smallest absolute Gasteiger partial charge is 0.0944 e. The van der Waals surface area contributed by atoms with Crippen molar-refractivity contribution >= 4 is 11.0 Å². The van der Waals surface area contributed by atoms with E-state index in [4.69, 9.17) is 0 Å². The van der Waals surface area contributed by atoms with Gasteiger partial charge in [-0.25, -0.2) is 0 Å². The molecule has 1 aromatic heterocycles. The molecule has 3 nitrogen and oxygen atoms in total. The fraction of sp³-hybridized carbons (Fsp3) is 0.286. The van der Waals surface area contributed by atoms with Crippen LogP contribution in [0.5, 0.6) is 0 Å². The van der Waals surface area contributed by atoms with Crippen LogP contribution in [0.1, 0.15) is 31.4 Å². The van der Waals surface area contributed by atoms with Gasteiger partial charge in [-0.3, -0.25) is 9.97 Å². The van der Waals surface area contributed by atoms with Gasteiger partial charge in [0, 0.05) is 24.4 Å². The molecule has 1 heterocycles. The minimum Gasteiger partial charge on any atom is -0.388 e. The highest BCUT2D eigenvalue weighted by Crippen LogP contribution is 2.24. The molecule has 0 fully saturated rings. The summed E-state index contributed by atoms with van der Waals surface area (Å²) in [4.78, 5) is 8.49. The Morgan fingerprint density at radius 1 is 1.29 bits per heavy atom. The molecule has 2 rings (SSSR count). The third kappa shape index (κ3) is 2.61. The van der Waals surface area contributed by atoms with Crippen LogP contribution in [-0.2, 0) is 0 Å². The third-order valence-electron chi connectivity index (χ3n) is 2.61. The molecule has 0 amide bonds. The lowest BCUT2D eigenvalue weighted by Gasteiger charge is -2.10. The first-order valence-electron chi connectivity index (χ1n) is 5.60. The molecule has 2 aromatic rings. The van der Waals surface area contributed by atoms with Crippen LogP contribution in [0, 0.1) is 11.8 Å². The quantitative estimate of drug-likeness (QED) is 0.818. The molecule has 1 unspecified atom stereocenters. The normalized spacial score (nSPS) is 11.9. The van der Waals surface area contributed by atoms with Gasteiger partial charge in [0.25, 0.3) is 0 Å². The van der Waals surface area contributed by atoms with Gasteiger partial charge in [-0.1, -0.05) is 12.1 Å². The number of aromatic nitrogens is 2. The van der Waals surface area contributed by atoms with E-state index in [1.807, 2.05) is 18.2 Å². The predicted molar refractivity (Wildman–Crippen MR) is 67.2 cm³/mol. The molecule has 0 saturated carbocycles. The number of fused-ring (bicyclic) bond motifs is 1. The van der Waals surface area contributed by atoms with Gasteiger partial charge in [-0.15, -0.1) is 11.8 Å². The van der Waals surface area contributed by atoms with Gasteiger partial charge in [-0.2, -0.15) is 0 Å². The van der Waals surface area contributed by atoms with E-state index < -0.39 is 6.10 Å². The number of benzene rings is 1. The minimum absolute atomic E-state index is 0.531. The van der Waals surface area contributed by atoms with Crippen LogP contribution in [0.3, 0.4) is 0 Å². The van der Waals surface area contributed by atoms with E-state index in [1.165, 1.54) is 0 Å². The molecule has 86 valence electrons. The van der Waals surface area contributed by atoms with E-state index in [1.54, 1.807) is 19.3 Å². The predicted octanol–water partition coefficient (Wildman–Crippen LogP) is 2.47. The van der Waals surface area contributed by atoms with Crippen LogP contribution in [-0.4, -0.2) is 15.1 Å². The van der Waals surface area contributed by atoms with Crippen LogP contribution in [0.2, 0.25) is 0 Å². The number of nitrogens with zero attached hydrogens (tertiary/aromatic N) is 2. The summed E-state index contributed by atoms with van der Waals surface area (Å²) in [5, 5.41) is 10.1. The molecule has 0 aliphatic carbocycles.